The fraction of sp³-hybridized carbons (Fsp3) is 1.00. The lowest BCUT2D eigenvalue weighted by Crippen LogP contribution is -2.51. The first-order chi connectivity index (χ1) is 7.64. The minimum atomic E-state index is 0.407. The van der Waals surface area contributed by atoms with Gasteiger partial charge < -0.3 is 10.2 Å². The van der Waals surface area contributed by atoms with Crippen LogP contribution in [-0.4, -0.2) is 36.6 Å². The molecule has 1 N–H and O–H groups in total. The van der Waals surface area contributed by atoms with Crippen LogP contribution in [0.5, 0.6) is 0 Å². The summed E-state index contributed by atoms with van der Waals surface area (Å²) < 4.78 is 0. The standard InChI is InChI=1S/C14H28N2/c1-4-12(2)10-16-9-5-8-15-14(3,11-16)13-6-7-13/h12-13,15H,4-11H2,1-3H3. The van der Waals surface area contributed by atoms with Crippen LogP contribution in [-0.2, 0) is 0 Å². The molecule has 2 fully saturated rings. The van der Waals surface area contributed by atoms with E-state index in [0.717, 1.165) is 11.8 Å². The molecule has 0 spiro atoms. The molecule has 1 aliphatic heterocycles. The van der Waals surface area contributed by atoms with Crippen LogP contribution in [0.1, 0.15) is 46.5 Å². The molecule has 0 aromatic carbocycles. The van der Waals surface area contributed by atoms with Crippen molar-refractivity contribution < 1.29 is 0 Å². The van der Waals surface area contributed by atoms with Crippen LogP contribution >= 0.6 is 0 Å². The van der Waals surface area contributed by atoms with Gasteiger partial charge in [0, 0.05) is 18.6 Å². The Hall–Kier alpha value is -0.0800. The summed E-state index contributed by atoms with van der Waals surface area (Å²) in [6, 6.07) is 0. The Kier molecular flexibility index (Phi) is 3.91. The van der Waals surface area contributed by atoms with Gasteiger partial charge in [-0.3, -0.25) is 0 Å². The molecule has 1 heterocycles. The van der Waals surface area contributed by atoms with Gasteiger partial charge in [-0.25, -0.2) is 0 Å². The molecule has 94 valence electrons. The minimum Gasteiger partial charge on any atom is -0.310 e. The van der Waals surface area contributed by atoms with Gasteiger partial charge in [0.05, 0.1) is 0 Å². The summed E-state index contributed by atoms with van der Waals surface area (Å²) in [5.74, 6) is 1.80. The maximum atomic E-state index is 3.80. The van der Waals surface area contributed by atoms with Gasteiger partial charge in [-0.2, -0.15) is 0 Å². The first-order valence-corrected chi connectivity index (χ1v) is 7.11. The van der Waals surface area contributed by atoms with Crippen molar-refractivity contribution in [1.82, 2.24) is 10.2 Å². The van der Waals surface area contributed by atoms with Crippen LogP contribution < -0.4 is 5.32 Å². The first-order valence-electron chi connectivity index (χ1n) is 7.11. The lowest BCUT2D eigenvalue weighted by molar-refractivity contribution is 0.180. The Morgan fingerprint density at radius 3 is 2.81 bits per heavy atom. The van der Waals surface area contributed by atoms with Crippen molar-refractivity contribution in [2.75, 3.05) is 26.2 Å². The Morgan fingerprint density at radius 1 is 1.44 bits per heavy atom. The highest BCUT2D eigenvalue weighted by Gasteiger charge is 2.42. The molecule has 1 saturated heterocycles. The molecule has 2 atom stereocenters. The topological polar surface area (TPSA) is 15.3 Å². The summed E-state index contributed by atoms with van der Waals surface area (Å²) >= 11 is 0. The van der Waals surface area contributed by atoms with Gasteiger partial charge in [-0.15, -0.1) is 0 Å². The van der Waals surface area contributed by atoms with Crippen molar-refractivity contribution in [3.63, 3.8) is 0 Å². The highest BCUT2D eigenvalue weighted by Crippen LogP contribution is 2.40. The molecule has 2 rings (SSSR count). The van der Waals surface area contributed by atoms with E-state index in [0.29, 0.717) is 5.54 Å². The van der Waals surface area contributed by atoms with Crippen LogP contribution in [0.4, 0.5) is 0 Å². The second kappa shape index (κ2) is 5.05. The van der Waals surface area contributed by atoms with Gasteiger partial charge in [0.2, 0.25) is 0 Å². The fourth-order valence-electron chi connectivity index (χ4n) is 3.00. The maximum Gasteiger partial charge on any atom is 0.0308 e. The Morgan fingerprint density at radius 2 is 2.19 bits per heavy atom. The molecule has 2 unspecified atom stereocenters. The second-order valence-corrected chi connectivity index (χ2v) is 6.22. The average molecular weight is 224 g/mol. The van der Waals surface area contributed by atoms with Gasteiger partial charge in [0.15, 0.2) is 0 Å². The van der Waals surface area contributed by atoms with Crippen molar-refractivity contribution >= 4 is 0 Å². The van der Waals surface area contributed by atoms with Crippen LogP contribution in [0, 0.1) is 11.8 Å². The molecule has 1 saturated carbocycles. The van der Waals surface area contributed by atoms with E-state index >= 15 is 0 Å². The van der Waals surface area contributed by atoms with Gasteiger partial charge in [0.25, 0.3) is 0 Å². The van der Waals surface area contributed by atoms with Crippen molar-refractivity contribution in [3.8, 4) is 0 Å². The summed E-state index contributed by atoms with van der Waals surface area (Å²) in [6.07, 6.45) is 5.52. The number of hydrogen-bond acceptors (Lipinski definition) is 2. The summed E-state index contributed by atoms with van der Waals surface area (Å²) in [6.45, 7) is 12.2. The average Bonchev–Trinajstić information content (AvgIpc) is 3.05. The molecule has 0 aromatic heterocycles. The molecule has 0 aromatic rings. The third-order valence-electron chi connectivity index (χ3n) is 4.48. The predicted octanol–water partition coefficient (Wildman–Crippen LogP) is 2.50. The monoisotopic (exact) mass is 224 g/mol. The van der Waals surface area contributed by atoms with Crippen LogP contribution in [0.25, 0.3) is 0 Å². The van der Waals surface area contributed by atoms with Crippen LogP contribution in [0.15, 0.2) is 0 Å². The van der Waals surface area contributed by atoms with Crippen molar-refractivity contribution in [2.24, 2.45) is 11.8 Å². The van der Waals surface area contributed by atoms with Crippen molar-refractivity contribution in [1.29, 1.82) is 0 Å². The van der Waals surface area contributed by atoms with Gasteiger partial charge in [-0.05, 0) is 51.1 Å². The van der Waals surface area contributed by atoms with Crippen LogP contribution in [0.3, 0.4) is 0 Å². The van der Waals surface area contributed by atoms with Gasteiger partial charge in [-0.1, -0.05) is 20.3 Å². The summed E-state index contributed by atoms with van der Waals surface area (Å²) in [5, 5.41) is 3.80. The molecule has 2 aliphatic rings. The summed E-state index contributed by atoms with van der Waals surface area (Å²) in [7, 11) is 0. The highest BCUT2D eigenvalue weighted by molar-refractivity contribution is 5.01. The Bertz CT molecular complexity index is 225. The van der Waals surface area contributed by atoms with E-state index < -0.39 is 0 Å². The fourth-order valence-corrected chi connectivity index (χ4v) is 3.00. The smallest absolute Gasteiger partial charge is 0.0308 e. The molecule has 16 heavy (non-hydrogen) atoms. The van der Waals surface area contributed by atoms with E-state index in [2.05, 4.69) is 31.0 Å². The first kappa shape index (κ1) is 12.4. The number of rotatable bonds is 4. The minimum absolute atomic E-state index is 0.407. The summed E-state index contributed by atoms with van der Waals surface area (Å²) in [4.78, 5) is 2.70. The zero-order valence-corrected chi connectivity index (χ0v) is 11.3. The maximum absolute atomic E-state index is 3.80. The number of nitrogens with zero attached hydrogens (tertiary/aromatic N) is 1. The molecule has 1 aliphatic carbocycles. The molecule has 2 nitrogen and oxygen atoms in total. The third-order valence-corrected chi connectivity index (χ3v) is 4.48. The Balaban J connectivity index is 1.92. The molecule has 0 radical (unpaired) electrons. The lowest BCUT2D eigenvalue weighted by Gasteiger charge is -2.35. The molecule has 2 heteroatoms. The quantitative estimate of drug-likeness (QED) is 0.789. The third kappa shape index (κ3) is 2.98. The van der Waals surface area contributed by atoms with Gasteiger partial charge >= 0.3 is 0 Å². The molecule has 0 bridgehead atoms. The summed E-state index contributed by atoms with van der Waals surface area (Å²) in [5.41, 5.74) is 0.407. The molecular formula is C14H28N2. The zero-order chi connectivity index (χ0) is 11.6. The second-order valence-electron chi connectivity index (χ2n) is 6.22. The Labute approximate surface area is 101 Å². The van der Waals surface area contributed by atoms with E-state index in [9.17, 15) is 0 Å². The lowest BCUT2D eigenvalue weighted by atomic mass is 9.95. The van der Waals surface area contributed by atoms with E-state index in [1.807, 2.05) is 0 Å². The zero-order valence-electron chi connectivity index (χ0n) is 11.3. The highest BCUT2D eigenvalue weighted by atomic mass is 15.2. The normalized spacial score (nSPS) is 34.7. The largest absolute Gasteiger partial charge is 0.310 e. The van der Waals surface area contributed by atoms with Crippen molar-refractivity contribution in [3.05, 3.63) is 0 Å². The molecule has 0 amide bonds. The van der Waals surface area contributed by atoms with E-state index in [1.165, 1.54) is 51.9 Å². The van der Waals surface area contributed by atoms with Crippen molar-refractivity contribution in [2.45, 2.75) is 52.0 Å². The number of nitrogens with one attached hydrogen (secondary N) is 1. The van der Waals surface area contributed by atoms with E-state index in [-0.39, 0.29) is 0 Å². The van der Waals surface area contributed by atoms with Gasteiger partial charge in [0.1, 0.15) is 0 Å². The van der Waals surface area contributed by atoms with Crippen LogP contribution in [0.2, 0.25) is 0 Å². The predicted molar refractivity (Wildman–Crippen MR) is 69.6 cm³/mol. The molecular weight excluding hydrogens is 196 g/mol. The number of hydrogen-bond donors (Lipinski definition) is 1. The SMILES string of the molecule is CCC(C)CN1CCCNC(C)(C2CC2)C1. The van der Waals surface area contributed by atoms with E-state index in [1.54, 1.807) is 0 Å². The van der Waals surface area contributed by atoms with E-state index in [4.69, 9.17) is 0 Å².